The molecule has 0 heterocycles. The van der Waals surface area contributed by atoms with Gasteiger partial charge in [-0.2, -0.15) is 12.1 Å². The molecule has 33 heavy (non-hydrogen) atoms. The second kappa shape index (κ2) is 17.0. The molecule has 4 atom stereocenters. The third-order valence-corrected chi connectivity index (χ3v) is 5.74. The third kappa shape index (κ3) is 16.7. The van der Waals surface area contributed by atoms with E-state index >= 15 is 0 Å². The Balaban J connectivity index is 0.000000663. The number of aliphatic hydroxyl groups excluding tert-OH is 2. The van der Waals surface area contributed by atoms with Gasteiger partial charge in [-0.25, -0.2) is 0 Å². The molecule has 0 saturated heterocycles. The third-order valence-electron chi connectivity index (χ3n) is 5.74. The van der Waals surface area contributed by atoms with Crippen LogP contribution in [0.4, 0.5) is 0 Å². The summed E-state index contributed by atoms with van der Waals surface area (Å²) in [5.74, 6) is 0. The van der Waals surface area contributed by atoms with Crippen molar-refractivity contribution in [3.05, 3.63) is 46.5 Å². The van der Waals surface area contributed by atoms with Gasteiger partial charge < -0.3 is 20.8 Å². The number of rotatable bonds is 8. The molecule has 0 spiro atoms. The Morgan fingerprint density at radius 3 is 1.58 bits per heavy atom. The molecule has 1 aliphatic rings. The normalized spacial score (nSPS) is 20.5. The summed E-state index contributed by atoms with van der Waals surface area (Å²) >= 11 is 0.611. The first kappa shape index (κ1) is 32.5. The summed E-state index contributed by atoms with van der Waals surface area (Å²) in [7, 11) is 0. The zero-order valence-electron chi connectivity index (χ0n) is 21.9. The summed E-state index contributed by atoms with van der Waals surface area (Å²) in [5.41, 5.74) is 1.55. The van der Waals surface area contributed by atoms with Crippen molar-refractivity contribution in [3.8, 4) is 0 Å². The number of hydrogen-bond acceptors (Lipinski definition) is 3. The molecule has 0 bridgehead atoms. The predicted molar refractivity (Wildman–Crippen MR) is 134 cm³/mol. The van der Waals surface area contributed by atoms with Crippen LogP contribution in [0, 0.1) is 10.8 Å². The molecule has 2 rings (SSSR count). The van der Waals surface area contributed by atoms with Gasteiger partial charge >= 0.3 is 22.1 Å². The van der Waals surface area contributed by atoms with E-state index in [9.17, 15) is 5.11 Å². The fourth-order valence-electron chi connectivity index (χ4n) is 3.58. The Morgan fingerprint density at radius 2 is 1.24 bits per heavy atom. The molecule has 0 radical (unpaired) electrons. The minimum absolute atomic E-state index is 0.400. The van der Waals surface area contributed by atoms with Crippen molar-refractivity contribution in [3.63, 3.8) is 0 Å². The monoisotopic (exact) mass is 640 g/mol. The quantitative estimate of drug-likeness (QED) is 0.325. The van der Waals surface area contributed by atoms with Crippen molar-refractivity contribution in [2.45, 2.75) is 111 Å². The van der Waals surface area contributed by atoms with Gasteiger partial charge in [0.25, 0.3) is 0 Å². The molecular formula is C27H48N2O3Os-2. The van der Waals surface area contributed by atoms with E-state index < -0.39 is 12.2 Å². The zero-order chi connectivity index (χ0) is 25.5. The van der Waals surface area contributed by atoms with E-state index in [2.05, 4.69) is 41.5 Å². The van der Waals surface area contributed by atoms with Crippen molar-refractivity contribution in [2.75, 3.05) is 13.1 Å². The second-order valence-corrected chi connectivity index (χ2v) is 11.4. The van der Waals surface area contributed by atoms with Crippen LogP contribution in [-0.4, -0.2) is 41.5 Å². The number of nitrogens with zero attached hydrogens (tertiary/aromatic N) is 2. The van der Waals surface area contributed by atoms with Crippen LogP contribution in [0.25, 0.3) is 10.6 Å². The van der Waals surface area contributed by atoms with Gasteiger partial charge in [0.1, 0.15) is 6.10 Å². The summed E-state index contributed by atoms with van der Waals surface area (Å²) in [5, 5.41) is 28.3. The minimum atomic E-state index is -0.767. The van der Waals surface area contributed by atoms with E-state index in [0.717, 1.165) is 18.7 Å². The fourth-order valence-corrected chi connectivity index (χ4v) is 3.58. The van der Waals surface area contributed by atoms with Crippen LogP contribution in [0.3, 0.4) is 0 Å². The molecule has 1 aromatic rings. The molecule has 0 aromatic heterocycles. The number of aliphatic hydroxyl groups is 2. The van der Waals surface area contributed by atoms with Crippen LogP contribution < -0.4 is 0 Å². The van der Waals surface area contributed by atoms with Gasteiger partial charge in [-0.05, 0) is 23.3 Å². The Labute approximate surface area is 213 Å². The van der Waals surface area contributed by atoms with Gasteiger partial charge in [-0.1, -0.05) is 110 Å². The Hall–Kier alpha value is -0.504. The molecule has 0 aliphatic heterocycles. The van der Waals surface area contributed by atoms with Crippen molar-refractivity contribution in [1.82, 2.24) is 0 Å². The Morgan fingerprint density at radius 1 is 0.848 bits per heavy atom. The molecule has 6 heteroatoms. The number of hydrogen-bond donors (Lipinski definition) is 2. The zero-order valence-corrected chi connectivity index (χ0v) is 24.4. The van der Waals surface area contributed by atoms with Crippen LogP contribution in [0.5, 0.6) is 0 Å². The molecule has 0 amide bonds. The number of benzene rings is 1. The first-order chi connectivity index (χ1) is 15.4. The van der Waals surface area contributed by atoms with E-state index in [4.69, 9.17) is 19.3 Å². The molecule has 1 fully saturated rings. The van der Waals surface area contributed by atoms with E-state index in [1.807, 2.05) is 18.2 Å². The maximum absolute atomic E-state index is 9.35. The second-order valence-electron chi connectivity index (χ2n) is 11.4. The van der Waals surface area contributed by atoms with E-state index in [1.54, 1.807) is 19.1 Å². The van der Waals surface area contributed by atoms with E-state index in [1.165, 1.54) is 38.5 Å². The van der Waals surface area contributed by atoms with Crippen LogP contribution in [0.2, 0.25) is 0 Å². The standard InChI is InChI=1S/C18H36N2.C9H12O2.O.Os/c1-17(2,3)11-13-19-15-9-7-8-10-16(15)20-14-12-18(4,5)6;1-7(10)9(11)8-5-3-2-4-6-8;;/h15-16H,7-14H2,1-6H3;2-7,9-11H,1H3;;/q-2;;;/t15-,16?;7-,9+;;/m11../s1. The predicted octanol–water partition coefficient (Wildman–Crippen LogP) is 6.90. The van der Waals surface area contributed by atoms with Crippen LogP contribution in [0.15, 0.2) is 30.3 Å². The molecule has 194 valence electrons. The summed E-state index contributed by atoms with van der Waals surface area (Å²) in [4.78, 5) is 0. The van der Waals surface area contributed by atoms with Gasteiger partial charge in [-0.3, -0.25) is 0 Å². The average molecular weight is 639 g/mol. The van der Waals surface area contributed by atoms with E-state index in [0.29, 0.717) is 41.5 Å². The fraction of sp³-hybridized carbons (Fsp3) is 0.778. The summed E-state index contributed by atoms with van der Waals surface area (Å²) in [6, 6.07) is 10.1. The molecule has 1 unspecified atom stereocenters. The van der Waals surface area contributed by atoms with Crippen molar-refractivity contribution in [2.24, 2.45) is 10.8 Å². The van der Waals surface area contributed by atoms with E-state index in [-0.39, 0.29) is 0 Å². The topological polar surface area (TPSA) is 85.7 Å². The van der Waals surface area contributed by atoms with Crippen molar-refractivity contribution >= 4 is 0 Å². The van der Waals surface area contributed by atoms with Gasteiger partial charge in [-0.15, -0.1) is 13.1 Å². The molecule has 2 N–H and O–H groups in total. The molecule has 5 nitrogen and oxygen atoms in total. The van der Waals surface area contributed by atoms with Gasteiger partial charge in [0.05, 0.1) is 6.10 Å². The average Bonchev–Trinajstić information content (AvgIpc) is 2.75. The van der Waals surface area contributed by atoms with Crippen molar-refractivity contribution < 1.29 is 32.3 Å². The Bertz CT molecular complexity index is 572. The molecule has 1 aliphatic carbocycles. The van der Waals surface area contributed by atoms with Gasteiger partial charge in [0, 0.05) is 0 Å². The summed E-state index contributed by atoms with van der Waals surface area (Å²) < 4.78 is 8.28. The Kier molecular flexibility index (Phi) is 16.8. The molecule has 1 aromatic carbocycles. The van der Waals surface area contributed by atoms with Crippen LogP contribution in [0.1, 0.15) is 98.7 Å². The van der Waals surface area contributed by atoms with Gasteiger partial charge in [0.2, 0.25) is 0 Å². The van der Waals surface area contributed by atoms with Crippen molar-refractivity contribution in [1.29, 1.82) is 0 Å². The first-order valence-electron chi connectivity index (χ1n) is 12.3. The van der Waals surface area contributed by atoms with Crippen LogP contribution in [-0.2, 0) is 22.1 Å². The van der Waals surface area contributed by atoms with Crippen LogP contribution >= 0.6 is 0 Å². The summed E-state index contributed by atoms with van der Waals surface area (Å²) in [6.07, 6.45) is 6.11. The molecular weight excluding hydrogens is 591 g/mol. The summed E-state index contributed by atoms with van der Waals surface area (Å²) in [6.45, 7) is 17.4. The maximum atomic E-state index is 9.35. The first-order valence-corrected chi connectivity index (χ1v) is 13.3. The van der Waals surface area contributed by atoms with Gasteiger partial charge in [0.15, 0.2) is 0 Å². The SMILES string of the molecule is CC(C)(C)CC[N-]C1CCCC[C@H]1[N-]CCC(C)(C)C.C[C@@H](O)[C@H](O)c1ccccc1.[O]=[Os]. The molecule has 1 saturated carbocycles.